The Morgan fingerprint density at radius 3 is 2.48 bits per heavy atom. The number of halogens is 1. The van der Waals surface area contributed by atoms with Crippen LogP contribution in [0.2, 0.25) is 5.02 Å². The Labute approximate surface area is 141 Å². The molecule has 0 aliphatic carbocycles. The molecule has 1 heterocycles. The molecule has 1 aromatic rings. The first-order valence-corrected chi connectivity index (χ1v) is 8.17. The third-order valence-corrected chi connectivity index (χ3v) is 4.09. The third-order valence-electron chi connectivity index (χ3n) is 3.72. The van der Waals surface area contributed by atoms with Crippen molar-refractivity contribution in [1.29, 1.82) is 0 Å². The van der Waals surface area contributed by atoms with E-state index in [0.29, 0.717) is 50.8 Å². The van der Waals surface area contributed by atoms with E-state index < -0.39 is 0 Å². The number of piperazine rings is 1. The zero-order valence-corrected chi connectivity index (χ0v) is 14.0. The zero-order valence-electron chi connectivity index (χ0n) is 13.3. The molecule has 3 amide bonds. The number of hydrogen-bond acceptors (Lipinski definition) is 3. The molecule has 0 atom stereocenters. The highest BCUT2D eigenvalue weighted by Crippen LogP contribution is 2.14. The van der Waals surface area contributed by atoms with Gasteiger partial charge in [-0.25, -0.2) is 9.59 Å². The van der Waals surface area contributed by atoms with E-state index in [1.165, 1.54) is 0 Å². The average Bonchev–Trinajstić information content (AvgIpc) is 2.57. The van der Waals surface area contributed by atoms with Crippen LogP contribution < -0.4 is 5.32 Å². The van der Waals surface area contributed by atoms with E-state index in [-0.39, 0.29) is 12.1 Å². The number of nitrogens with one attached hydrogen (secondary N) is 1. The molecule has 23 heavy (non-hydrogen) atoms. The minimum Gasteiger partial charge on any atom is -0.450 e. The zero-order chi connectivity index (χ0) is 16.7. The van der Waals surface area contributed by atoms with Crippen molar-refractivity contribution >= 4 is 23.7 Å². The van der Waals surface area contributed by atoms with Crippen molar-refractivity contribution < 1.29 is 14.3 Å². The second-order valence-electron chi connectivity index (χ2n) is 5.25. The van der Waals surface area contributed by atoms with Crippen molar-refractivity contribution in [2.75, 3.05) is 39.3 Å². The lowest BCUT2D eigenvalue weighted by Crippen LogP contribution is -2.53. The summed E-state index contributed by atoms with van der Waals surface area (Å²) in [5.74, 6) is 0. The second kappa shape index (κ2) is 8.62. The van der Waals surface area contributed by atoms with Crippen LogP contribution >= 0.6 is 11.6 Å². The normalized spacial score (nSPS) is 14.5. The topological polar surface area (TPSA) is 61.9 Å². The molecule has 1 fully saturated rings. The van der Waals surface area contributed by atoms with Gasteiger partial charge in [0.1, 0.15) is 0 Å². The minimum atomic E-state index is -0.314. The van der Waals surface area contributed by atoms with E-state index in [0.717, 1.165) is 5.56 Å². The number of nitrogens with zero attached hydrogens (tertiary/aromatic N) is 2. The maximum Gasteiger partial charge on any atom is 0.409 e. The molecule has 7 heteroatoms. The lowest BCUT2D eigenvalue weighted by atomic mass is 10.1. The Bertz CT molecular complexity index is 545. The highest BCUT2D eigenvalue weighted by Gasteiger charge is 2.24. The molecule has 1 N–H and O–H groups in total. The maximum absolute atomic E-state index is 12.1. The van der Waals surface area contributed by atoms with E-state index in [1.807, 2.05) is 24.3 Å². The van der Waals surface area contributed by atoms with Gasteiger partial charge in [0.15, 0.2) is 0 Å². The fourth-order valence-corrected chi connectivity index (χ4v) is 2.65. The fraction of sp³-hybridized carbons (Fsp3) is 0.500. The van der Waals surface area contributed by atoms with E-state index in [9.17, 15) is 9.59 Å². The summed E-state index contributed by atoms with van der Waals surface area (Å²) in [4.78, 5) is 27.1. The van der Waals surface area contributed by atoms with E-state index in [1.54, 1.807) is 16.7 Å². The third kappa shape index (κ3) is 5.03. The van der Waals surface area contributed by atoms with Crippen LogP contribution in [-0.2, 0) is 11.2 Å². The summed E-state index contributed by atoms with van der Waals surface area (Å²) in [6.45, 7) is 4.68. The molecule has 0 radical (unpaired) electrons. The van der Waals surface area contributed by atoms with Gasteiger partial charge in [0.25, 0.3) is 0 Å². The number of benzene rings is 1. The van der Waals surface area contributed by atoms with Crippen molar-refractivity contribution in [3.8, 4) is 0 Å². The van der Waals surface area contributed by atoms with Crippen molar-refractivity contribution in [1.82, 2.24) is 15.1 Å². The standard InChI is InChI=1S/C16H22ClN3O3/c1-2-23-16(22)20-11-9-19(10-12-20)15(21)18-8-7-13-5-3-4-6-14(13)17/h3-6H,2,7-12H2,1H3,(H,18,21). The molecule has 0 spiro atoms. The predicted octanol–water partition coefficient (Wildman–Crippen LogP) is 2.37. The SMILES string of the molecule is CCOC(=O)N1CCN(C(=O)NCCc2ccccc2Cl)CC1. The van der Waals surface area contributed by atoms with Gasteiger partial charge in [0.2, 0.25) is 0 Å². The van der Waals surface area contributed by atoms with Gasteiger partial charge in [-0.2, -0.15) is 0 Å². The van der Waals surface area contributed by atoms with Gasteiger partial charge in [0, 0.05) is 37.7 Å². The van der Waals surface area contributed by atoms with Gasteiger partial charge >= 0.3 is 12.1 Å². The molecule has 0 unspecified atom stereocenters. The predicted molar refractivity (Wildman–Crippen MR) is 88.7 cm³/mol. The number of amides is 3. The average molecular weight is 340 g/mol. The van der Waals surface area contributed by atoms with E-state index >= 15 is 0 Å². The highest BCUT2D eigenvalue weighted by atomic mass is 35.5. The molecule has 1 aliphatic rings. The van der Waals surface area contributed by atoms with Gasteiger partial charge < -0.3 is 19.9 Å². The van der Waals surface area contributed by atoms with Crippen molar-refractivity contribution in [2.24, 2.45) is 0 Å². The van der Waals surface area contributed by atoms with Crippen molar-refractivity contribution in [3.05, 3.63) is 34.9 Å². The summed E-state index contributed by atoms with van der Waals surface area (Å²) >= 11 is 6.09. The smallest absolute Gasteiger partial charge is 0.409 e. The molecule has 1 saturated heterocycles. The van der Waals surface area contributed by atoms with Crippen LogP contribution in [0.3, 0.4) is 0 Å². The largest absolute Gasteiger partial charge is 0.450 e. The van der Waals surface area contributed by atoms with Crippen LogP contribution in [0.1, 0.15) is 12.5 Å². The Hall–Kier alpha value is -1.95. The summed E-state index contributed by atoms with van der Waals surface area (Å²) in [6, 6.07) is 7.49. The minimum absolute atomic E-state index is 0.111. The van der Waals surface area contributed by atoms with Crippen LogP contribution in [0.4, 0.5) is 9.59 Å². The molecule has 1 aromatic carbocycles. The van der Waals surface area contributed by atoms with Gasteiger partial charge in [-0.1, -0.05) is 29.8 Å². The second-order valence-corrected chi connectivity index (χ2v) is 5.65. The summed E-state index contributed by atoms with van der Waals surface area (Å²) < 4.78 is 4.96. The number of ether oxygens (including phenoxy) is 1. The Morgan fingerprint density at radius 1 is 1.17 bits per heavy atom. The van der Waals surface area contributed by atoms with Crippen LogP contribution in [0, 0.1) is 0 Å². The van der Waals surface area contributed by atoms with E-state index in [2.05, 4.69) is 5.32 Å². The fourth-order valence-electron chi connectivity index (χ4n) is 2.42. The molecule has 0 aromatic heterocycles. The van der Waals surface area contributed by atoms with E-state index in [4.69, 9.17) is 16.3 Å². The summed E-state index contributed by atoms with van der Waals surface area (Å²) in [6.07, 6.45) is 0.375. The molecular weight excluding hydrogens is 318 g/mol. The van der Waals surface area contributed by atoms with Gasteiger partial charge in [-0.3, -0.25) is 0 Å². The van der Waals surface area contributed by atoms with Gasteiger partial charge in [-0.05, 0) is 25.0 Å². The molecule has 1 aliphatic heterocycles. The first-order chi connectivity index (χ1) is 11.1. The summed E-state index contributed by atoms with van der Waals surface area (Å²) in [5.41, 5.74) is 1.02. The van der Waals surface area contributed by atoms with Crippen LogP contribution in [-0.4, -0.2) is 61.3 Å². The number of rotatable bonds is 4. The maximum atomic E-state index is 12.1. The van der Waals surface area contributed by atoms with Crippen molar-refractivity contribution in [2.45, 2.75) is 13.3 Å². The Morgan fingerprint density at radius 2 is 1.83 bits per heavy atom. The number of carbonyl (C=O) groups is 2. The van der Waals surface area contributed by atoms with Crippen LogP contribution in [0.25, 0.3) is 0 Å². The monoisotopic (exact) mass is 339 g/mol. The summed E-state index contributed by atoms with van der Waals surface area (Å²) in [7, 11) is 0. The molecule has 2 rings (SSSR count). The van der Waals surface area contributed by atoms with Gasteiger partial charge in [-0.15, -0.1) is 0 Å². The summed E-state index contributed by atoms with van der Waals surface area (Å²) in [5, 5.41) is 3.60. The lowest BCUT2D eigenvalue weighted by molar-refractivity contribution is 0.0852. The number of hydrogen-bond donors (Lipinski definition) is 1. The highest BCUT2D eigenvalue weighted by molar-refractivity contribution is 6.31. The molecule has 0 bridgehead atoms. The number of urea groups is 1. The molecule has 0 saturated carbocycles. The first kappa shape index (κ1) is 17.4. The molecular formula is C16H22ClN3O3. The Balaban J connectivity index is 1.71. The molecule has 126 valence electrons. The molecule has 6 nitrogen and oxygen atoms in total. The Kier molecular flexibility index (Phi) is 6.52. The van der Waals surface area contributed by atoms with Crippen LogP contribution in [0.5, 0.6) is 0 Å². The quantitative estimate of drug-likeness (QED) is 0.916. The van der Waals surface area contributed by atoms with Gasteiger partial charge in [0.05, 0.1) is 6.61 Å². The van der Waals surface area contributed by atoms with Crippen molar-refractivity contribution in [3.63, 3.8) is 0 Å². The first-order valence-electron chi connectivity index (χ1n) is 7.79. The van der Waals surface area contributed by atoms with Crippen LogP contribution in [0.15, 0.2) is 24.3 Å². The number of carbonyl (C=O) groups excluding carboxylic acids is 2. The lowest BCUT2D eigenvalue weighted by Gasteiger charge is -2.34.